The molecule has 0 aromatic carbocycles. The van der Waals surface area contributed by atoms with E-state index in [0.29, 0.717) is 24.0 Å². The van der Waals surface area contributed by atoms with E-state index in [4.69, 9.17) is 0 Å². The van der Waals surface area contributed by atoms with Crippen LogP contribution in [-0.2, 0) is 16.6 Å². The molecule has 5 nitrogen and oxygen atoms in total. The van der Waals surface area contributed by atoms with Gasteiger partial charge >= 0.3 is 0 Å². The first-order valence-electron chi connectivity index (χ1n) is 6.45. The van der Waals surface area contributed by atoms with Crippen LogP contribution in [0.3, 0.4) is 0 Å². The number of nitrogens with one attached hydrogen (secondary N) is 2. The van der Waals surface area contributed by atoms with Gasteiger partial charge in [0.15, 0.2) is 0 Å². The highest BCUT2D eigenvalue weighted by atomic mass is 32.2. The maximum Gasteiger partial charge on any atom is 0.241 e. The van der Waals surface area contributed by atoms with Gasteiger partial charge in [-0.15, -0.1) is 11.3 Å². The fraction of sp³-hybridized carbons (Fsp3) is 0.667. The molecule has 7 heteroatoms. The first kappa shape index (κ1) is 14.9. The lowest BCUT2D eigenvalue weighted by atomic mass is 10.2. The predicted octanol–water partition coefficient (Wildman–Crippen LogP) is 0.840. The Bertz CT molecular complexity index is 513. The zero-order chi connectivity index (χ0) is 13.9. The molecule has 108 valence electrons. The van der Waals surface area contributed by atoms with Crippen molar-refractivity contribution in [1.82, 2.24) is 14.9 Å². The van der Waals surface area contributed by atoms with Gasteiger partial charge in [0, 0.05) is 24.0 Å². The Balaban J connectivity index is 2.03. The summed E-state index contributed by atoms with van der Waals surface area (Å²) in [5.74, 6) is 0. The quantitative estimate of drug-likeness (QED) is 0.817. The summed E-state index contributed by atoms with van der Waals surface area (Å²) in [6.07, 6.45) is 2.21. The van der Waals surface area contributed by atoms with Crippen LogP contribution < -0.4 is 10.0 Å². The van der Waals surface area contributed by atoms with Crippen LogP contribution in [0.15, 0.2) is 16.3 Å². The van der Waals surface area contributed by atoms with Crippen molar-refractivity contribution in [3.63, 3.8) is 0 Å². The summed E-state index contributed by atoms with van der Waals surface area (Å²) in [5, 5.41) is 4.82. The second kappa shape index (κ2) is 6.32. The molecule has 2 rings (SSSR count). The van der Waals surface area contributed by atoms with E-state index in [1.165, 1.54) is 11.3 Å². The monoisotopic (exact) mass is 303 g/mol. The second-order valence-corrected chi connectivity index (χ2v) is 7.60. The summed E-state index contributed by atoms with van der Waals surface area (Å²) >= 11 is 1.47. The second-order valence-electron chi connectivity index (χ2n) is 4.87. The smallest absolute Gasteiger partial charge is 0.241 e. The molecule has 0 saturated carbocycles. The molecule has 0 bridgehead atoms. The molecule has 19 heavy (non-hydrogen) atoms. The predicted molar refractivity (Wildman–Crippen MR) is 77.9 cm³/mol. The average molecular weight is 303 g/mol. The Morgan fingerprint density at radius 1 is 1.53 bits per heavy atom. The number of nitrogens with zero attached hydrogens (tertiary/aromatic N) is 1. The molecule has 1 aromatic heterocycles. The number of likely N-dealkylation sites (N-methyl/N-ethyl adjacent to an activating group) is 1. The summed E-state index contributed by atoms with van der Waals surface area (Å²) in [4.78, 5) is 3.48. The third-order valence-corrected chi connectivity index (χ3v) is 6.07. The Morgan fingerprint density at radius 2 is 2.32 bits per heavy atom. The number of hydrogen-bond acceptors (Lipinski definition) is 5. The first-order chi connectivity index (χ1) is 9.04. The topological polar surface area (TPSA) is 61.4 Å². The third kappa shape index (κ3) is 3.55. The molecule has 1 fully saturated rings. The van der Waals surface area contributed by atoms with E-state index >= 15 is 0 Å². The van der Waals surface area contributed by atoms with Crippen LogP contribution in [0.25, 0.3) is 0 Å². The molecule has 1 unspecified atom stereocenters. The van der Waals surface area contributed by atoms with Gasteiger partial charge in [-0.3, -0.25) is 0 Å². The van der Waals surface area contributed by atoms with Gasteiger partial charge in [-0.25, -0.2) is 13.1 Å². The molecule has 1 saturated heterocycles. The molecule has 0 amide bonds. The fourth-order valence-corrected chi connectivity index (χ4v) is 4.90. The van der Waals surface area contributed by atoms with Crippen LogP contribution >= 0.6 is 11.3 Å². The molecule has 1 aliphatic heterocycles. The van der Waals surface area contributed by atoms with Gasteiger partial charge < -0.3 is 10.2 Å². The maximum atomic E-state index is 12.3. The standard InChI is InChI=1S/C12H21N3O2S2/c1-13-9-11-12(5-7-18-11)19(16,17)14-8-10-4-3-6-15(10)2/h5,7,10,13-14H,3-4,6,8-9H2,1-2H3. The largest absolute Gasteiger partial charge is 0.315 e. The highest BCUT2D eigenvalue weighted by Gasteiger charge is 2.25. The number of sulfonamides is 1. The lowest BCUT2D eigenvalue weighted by molar-refractivity contribution is 0.311. The van der Waals surface area contributed by atoms with Crippen LogP contribution in [0, 0.1) is 0 Å². The van der Waals surface area contributed by atoms with E-state index in [9.17, 15) is 8.42 Å². The van der Waals surface area contributed by atoms with E-state index in [2.05, 4.69) is 14.9 Å². The van der Waals surface area contributed by atoms with Crippen molar-refractivity contribution >= 4 is 21.4 Å². The SMILES string of the molecule is CNCc1sccc1S(=O)(=O)NCC1CCCN1C. The number of likely N-dealkylation sites (tertiary alicyclic amines) is 1. The van der Waals surface area contributed by atoms with Gasteiger partial charge in [-0.1, -0.05) is 0 Å². The Hall–Kier alpha value is -0.470. The van der Waals surface area contributed by atoms with Gasteiger partial charge in [-0.05, 0) is 44.9 Å². The van der Waals surface area contributed by atoms with Crippen LogP contribution in [0.1, 0.15) is 17.7 Å². The van der Waals surface area contributed by atoms with Gasteiger partial charge in [0.2, 0.25) is 10.0 Å². The summed E-state index contributed by atoms with van der Waals surface area (Å²) < 4.78 is 27.3. The molecule has 2 heterocycles. The molecular formula is C12H21N3O2S2. The third-order valence-electron chi connectivity index (χ3n) is 3.51. The Morgan fingerprint density at radius 3 is 2.95 bits per heavy atom. The van der Waals surface area contributed by atoms with Crippen molar-refractivity contribution in [2.75, 3.05) is 27.2 Å². The van der Waals surface area contributed by atoms with Crippen molar-refractivity contribution in [3.05, 3.63) is 16.3 Å². The van der Waals surface area contributed by atoms with Crippen molar-refractivity contribution in [3.8, 4) is 0 Å². The van der Waals surface area contributed by atoms with Gasteiger partial charge in [0.1, 0.15) is 0 Å². The lowest BCUT2D eigenvalue weighted by Gasteiger charge is -2.19. The molecule has 0 spiro atoms. The van der Waals surface area contributed by atoms with E-state index in [0.717, 1.165) is 24.3 Å². The molecule has 1 atom stereocenters. The van der Waals surface area contributed by atoms with Crippen molar-refractivity contribution < 1.29 is 8.42 Å². The summed E-state index contributed by atoms with van der Waals surface area (Å²) in [5.41, 5.74) is 0. The van der Waals surface area contributed by atoms with Gasteiger partial charge in [0.25, 0.3) is 0 Å². The van der Waals surface area contributed by atoms with Gasteiger partial charge in [-0.2, -0.15) is 0 Å². The van der Waals surface area contributed by atoms with E-state index in [1.54, 1.807) is 6.07 Å². The molecule has 1 aliphatic rings. The van der Waals surface area contributed by atoms with Crippen LogP contribution in [0.4, 0.5) is 0 Å². The highest BCUT2D eigenvalue weighted by molar-refractivity contribution is 7.89. The molecule has 0 aliphatic carbocycles. The van der Waals surface area contributed by atoms with E-state index < -0.39 is 10.0 Å². The van der Waals surface area contributed by atoms with Crippen molar-refractivity contribution in [2.24, 2.45) is 0 Å². The van der Waals surface area contributed by atoms with Crippen molar-refractivity contribution in [2.45, 2.75) is 30.3 Å². The molecule has 1 aromatic rings. The van der Waals surface area contributed by atoms with Crippen LogP contribution in [0.2, 0.25) is 0 Å². The van der Waals surface area contributed by atoms with Crippen LogP contribution in [-0.4, -0.2) is 46.5 Å². The normalized spacial score (nSPS) is 21.1. The summed E-state index contributed by atoms with van der Waals surface area (Å²) in [6, 6.07) is 2.00. The molecular weight excluding hydrogens is 282 g/mol. The highest BCUT2D eigenvalue weighted by Crippen LogP contribution is 2.22. The zero-order valence-corrected chi connectivity index (χ0v) is 13.0. The van der Waals surface area contributed by atoms with E-state index in [-0.39, 0.29) is 0 Å². The first-order valence-corrected chi connectivity index (χ1v) is 8.82. The number of hydrogen-bond donors (Lipinski definition) is 2. The summed E-state index contributed by atoms with van der Waals surface area (Å²) in [6.45, 7) is 2.13. The maximum absolute atomic E-state index is 12.3. The molecule has 0 radical (unpaired) electrons. The Labute approximate surface area is 119 Å². The van der Waals surface area contributed by atoms with E-state index in [1.807, 2.05) is 19.5 Å². The fourth-order valence-electron chi connectivity index (χ4n) is 2.38. The average Bonchev–Trinajstić information content (AvgIpc) is 2.97. The Kier molecular flexibility index (Phi) is 4.97. The van der Waals surface area contributed by atoms with Gasteiger partial charge in [0.05, 0.1) is 4.90 Å². The molecule has 2 N–H and O–H groups in total. The number of rotatable bonds is 6. The van der Waals surface area contributed by atoms with Crippen molar-refractivity contribution in [1.29, 1.82) is 0 Å². The lowest BCUT2D eigenvalue weighted by Crippen LogP contribution is -2.38. The summed E-state index contributed by atoms with van der Waals surface area (Å²) in [7, 11) is 0.474. The number of thiophene rings is 1. The van der Waals surface area contributed by atoms with Crippen LogP contribution in [0.5, 0.6) is 0 Å². The minimum atomic E-state index is -3.39. The minimum absolute atomic E-state index is 0.321. The zero-order valence-electron chi connectivity index (χ0n) is 11.3. The minimum Gasteiger partial charge on any atom is -0.315 e.